The van der Waals surface area contributed by atoms with E-state index in [2.05, 4.69) is 10.3 Å². The van der Waals surface area contributed by atoms with Crippen molar-refractivity contribution in [2.24, 2.45) is 0 Å². The Morgan fingerprint density at radius 1 is 1.19 bits per heavy atom. The number of hydrogen-bond acceptors (Lipinski definition) is 6. The van der Waals surface area contributed by atoms with Crippen molar-refractivity contribution in [2.75, 3.05) is 26.0 Å². The molecule has 0 aliphatic rings. The number of fused-ring (bicyclic) bond motifs is 1. The maximum atomic E-state index is 12.8. The highest BCUT2D eigenvalue weighted by Crippen LogP contribution is 2.32. The lowest BCUT2D eigenvalue weighted by molar-refractivity contribution is -0.130. The first-order valence-electron chi connectivity index (χ1n) is 9.29. The average molecular weight is 456 g/mol. The van der Waals surface area contributed by atoms with Crippen LogP contribution in [0.1, 0.15) is 10.4 Å². The van der Waals surface area contributed by atoms with Gasteiger partial charge in [0.1, 0.15) is 17.0 Å². The molecule has 0 fully saturated rings. The summed E-state index contributed by atoms with van der Waals surface area (Å²) in [4.78, 5) is 30.4. The molecule has 0 spiro atoms. The Hall–Kier alpha value is -3.36. The van der Waals surface area contributed by atoms with Crippen LogP contribution in [0.5, 0.6) is 5.75 Å². The summed E-state index contributed by atoms with van der Waals surface area (Å²) in [6.45, 7) is -0.158. The number of benzene rings is 2. The number of carbonyl (C=O) groups is 2. The van der Waals surface area contributed by atoms with Gasteiger partial charge in [-0.3, -0.25) is 14.9 Å². The number of nitrogens with one attached hydrogen (secondary N) is 1. The van der Waals surface area contributed by atoms with Gasteiger partial charge in [-0.05, 0) is 36.4 Å². The molecule has 0 bridgehead atoms. The highest BCUT2D eigenvalue weighted by Gasteiger charge is 2.17. The fourth-order valence-electron chi connectivity index (χ4n) is 2.80. The number of para-hydroxylation sites is 1. The van der Waals surface area contributed by atoms with Gasteiger partial charge in [0.25, 0.3) is 11.8 Å². The lowest BCUT2D eigenvalue weighted by atomic mass is 10.2. The number of nitrogens with zero attached hydrogens (tertiary/aromatic N) is 2. The monoisotopic (exact) mass is 455 g/mol. The number of hydrogen-bond donors (Lipinski definition) is 1. The van der Waals surface area contributed by atoms with Crippen LogP contribution in [0.2, 0.25) is 5.02 Å². The first-order valence-corrected chi connectivity index (χ1v) is 10.5. The number of rotatable bonds is 6. The van der Waals surface area contributed by atoms with Crippen LogP contribution in [-0.2, 0) is 4.79 Å². The molecule has 0 saturated carbocycles. The third-order valence-electron chi connectivity index (χ3n) is 4.44. The first-order chi connectivity index (χ1) is 14.9. The van der Waals surface area contributed by atoms with Crippen molar-refractivity contribution in [3.63, 3.8) is 0 Å². The van der Waals surface area contributed by atoms with E-state index in [9.17, 15) is 9.59 Å². The smallest absolute Gasteiger partial charge is 0.261 e. The molecule has 31 heavy (non-hydrogen) atoms. The number of carbonyl (C=O) groups excluding carboxylic acids is 2. The number of aromatic nitrogens is 1. The number of likely N-dealkylation sites (N-methyl/N-ethyl adjacent to an activating group) is 1. The molecule has 0 radical (unpaired) electrons. The predicted octanol–water partition coefficient (Wildman–Crippen LogP) is 4.93. The Bertz CT molecular complexity index is 1260. The molecule has 2 heterocycles. The summed E-state index contributed by atoms with van der Waals surface area (Å²) < 4.78 is 11.4. The third kappa shape index (κ3) is 4.70. The van der Waals surface area contributed by atoms with Crippen molar-refractivity contribution >= 4 is 50.9 Å². The predicted molar refractivity (Wildman–Crippen MR) is 121 cm³/mol. The first kappa shape index (κ1) is 20.9. The Kier molecular flexibility index (Phi) is 5.92. The second-order valence-corrected chi connectivity index (χ2v) is 8.15. The second-order valence-electron chi connectivity index (χ2n) is 6.86. The zero-order chi connectivity index (χ0) is 22.0. The van der Waals surface area contributed by atoms with Gasteiger partial charge in [0.15, 0.2) is 17.5 Å². The van der Waals surface area contributed by atoms with E-state index in [4.69, 9.17) is 20.8 Å². The average Bonchev–Trinajstić information content (AvgIpc) is 3.38. The normalized spacial score (nSPS) is 10.8. The van der Waals surface area contributed by atoms with Crippen molar-refractivity contribution in [3.8, 4) is 17.2 Å². The Morgan fingerprint density at radius 2 is 2.00 bits per heavy atom. The molecule has 4 aromatic rings. The maximum Gasteiger partial charge on any atom is 0.261 e. The number of halogens is 1. The lowest BCUT2D eigenvalue weighted by Gasteiger charge is -2.13. The minimum absolute atomic E-state index is 0.158. The van der Waals surface area contributed by atoms with Gasteiger partial charge in [-0.25, -0.2) is 4.98 Å². The van der Waals surface area contributed by atoms with Crippen molar-refractivity contribution in [1.29, 1.82) is 0 Å². The van der Waals surface area contributed by atoms with Gasteiger partial charge in [0.2, 0.25) is 0 Å². The van der Waals surface area contributed by atoms with Crippen LogP contribution < -0.4 is 10.1 Å². The number of ether oxygens (including phenoxy) is 1. The fourth-order valence-corrected chi connectivity index (χ4v) is 3.67. The van der Waals surface area contributed by atoms with Gasteiger partial charge in [-0.15, -0.1) is 11.3 Å². The number of anilines is 1. The van der Waals surface area contributed by atoms with E-state index in [-0.39, 0.29) is 18.4 Å². The molecule has 0 saturated heterocycles. The number of thiazole rings is 1. The van der Waals surface area contributed by atoms with Gasteiger partial charge in [0, 0.05) is 29.9 Å². The number of furan rings is 1. The lowest BCUT2D eigenvalue weighted by Crippen LogP contribution is -2.28. The van der Waals surface area contributed by atoms with Crippen LogP contribution in [-0.4, -0.2) is 42.4 Å². The number of amides is 2. The highest BCUT2D eigenvalue weighted by molar-refractivity contribution is 7.14. The SMILES string of the molecule is CN(C)C(=O)COc1ccccc1C(=O)Nc1nc(-c2cc3cc(Cl)ccc3o2)cs1. The summed E-state index contributed by atoms with van der Waals surface area (Å²) >= 11 is 7.31. The van der Waals surface area contributed by atoms with Crippen LogP contribution >= 0.6 is 22.9 Å². The van der Waals surface area contributed by atoms with Gasteiger partial charge in [-0.1, -0.05) is 23.7 Å². The van der Waals surface area contributed by atoms with Gasteiger partial charge in [0.05, 0.1) is 5.56 Å². The zero-order valence-corrected chi connectivity index (χ0v) is 18.3. The van der Waals surface area contributed by atoms with Crippen molar-refractivity contribution in [2.45, 2.75) is 0 Å². The minimum atomic E-state index is -0.384. The Labute approximate surface area is 187 Å². The summed E-state index contributed by atoms with van der Waals surface area (Å²) in [6.07, 6.45) is 0. The molecule has 2 amide bonds. The van der Waals surface area contributed by atoms with E-state index in [0.717, 1.165) is 5.39 Å². The Morgan fingerprint density at radius 3 is 2.81 bits per heavy atom. The molecule has 0 aliphatic carbocycles. The van der Waals surface area contributed by atoms with Crippen LogP contribution in [0.4, 0.5) is 5.13 Å². The minimum Gasteiger partial charge on any atom is -0.483 e. The molecular formula is C22H18ClN3O4S. The standard InChI is InChI=1S/C22H18ClN3O4S/c1-26(2)20(27)11-29-18-6-4-3-5-15(18)21(28)25-22-24-16(12-31-22)19-10-13-9-14(23)7-8-17(13)30-19/h3-10,12H,11H2,1-2H3,(H,24,25,28). The molecule has 0 atom stereocenters. The molecule has 2 aromatic heterocycles. The molecule has 0 aliphatic heterocycles. The van der Waals surface area contributed by atoms with E-state index in [1.54, 1.807) is 55.9 Å². The highest BCUT2D eigenvalue weighted by atomic mass is 35.5. The molecule has 7 nitrogen and oxygen atoms in total. The van der Waals surface area contributed by atoms with Crippen LogP contribution in [0.3, 0.4) is 0 Å². The molecule has 9 heteroatoms. The fraction of sp³-hybridized carbons (Fsp3) is 0.136. The molecule has 158 valence electrons. The zero-order valence-electron chi connectivity index (χ0n) is 16.7. The van der Waals surface area contributed by atoms with Crippen LogP contribution in [0.15, 0.2) is 58.3 Å². The van der Waals surface area contributed by atoms with Crippen molar-refractivity contribution in [3.05, 3.63) is 64.5 Å². The quantitative estimate of drug-likeness (QED) is 0.445. The van der Waals surface area contributed by atoms with Gasteiger partial charge < -0.3 is 14.1 Å². The van der Waals surface area contributed by atoms with Gasteiger partial charge in [-0.2, -0.15) is 0 Å². The van der Waals surface area contributed by atoms with Crippen LogP contribution in [0.25, 0.3) is 22.4 Å². The molecule has 2 aromatic carbocycles. The molecule has 1 N–H and O–H groups in total. The topological polar surface area (TPSA) is 84.7 Å². The van der Waals surface area contributed by atoms with Gasteiger partial charge >= 0.3 is 0 Å². The molecular weight excluding hydrogens is 438 g/mol. The van der Waals surface area contributed by atoms with E-state index in [1.165, 1.54) is 16.2 Å². The van der Waals surface area contributed by atoms with E-state index < -0.39 is 0 Å². The Balaban J connectivity index is 1.50. The van der Waals surface area contributed by atoms with E-state index >= 15 is 0 Å². The van der Waals surface area contributed by atoms with E-state index in [0.29, 0.717) is 38.5 Å². The summed E-state index contributed by atoms with van der Waals surface area (Å²) in [7, 11) is 3.28. The summed E-state index contributed by atoms with van der Waals surface area (Å²) in [5.41, 5.74) is 1.62. The summed E-state index contributed by atoms with van der Waals surface area (Å²) in [6, 6.07) is 14.0. The van der Waals surface area contributed by atoms with Crippen molar-refractivity contribution in [1.82, 2.24) is 9.88 Å². The molecule has 0 unspecified atom stereocenters. The third-order valence-corrected chi connectivity index (χ3v) is 5.43. The largest absolute Gasteiger partial charge is 0.483 e. The maximum absolute atomic E-state index is 12.8. The summed E-state index contributed by atoms with van der Waals surface area (Å²) in [5.74, 6) is 0.318. The summed E-state index contributed by atoms with van der Waals surface area (Å²) in [5, 5.41) is 6.48. The molecule has 4 rings (SSSR count). The van der Waals surface area contributed by atoms with E-state index in [1.807, 2.05) is 12.1 Å². The second kappa shape index (κ2) is 8.79. The van der Waals surface area contributed by atoms with Crippen molar-refractivity contribution < 1.29 is 18.7 Å². The van der Waals surface area contributed by atoms with Crippen LogP contribution in [0, 0.1) is 0 Å².